The molecular formula is C19H33NO2. The molecule has 126 valence electrons. The summed E-state index contributed by atoms with van der Waals surface area (Å²) in [4.78, 5) is 14.0. The zero-order valence-electron chi connectivity index (χ0n) is 15.7. The van der Waals surface area contributed by atoms with Gasteiger partial charge < -0.3 is 9.64 Å². The fourth-order valence-electron chi connectivity index (χ4n) is 2.69. The van der Waals surface area contributed by atoms with Gasteiger partial charge in [-0.25, -0.2) is 4.79 Å². The van der Waals surface area contributed by atoms with Gasteiger partial charge in [-0.15, -0.1) is 0 Å². The van der Waals surface area contributed by atoms with Crippen LogP contribution in [0.5, 0.6) is 0 Å². The molecule has 3 heteroatoms. The summed E-state index contributed by atoms with van der Waals surface area (Å²) in [6.07, 6.45) is 3.80. The number of carbonyl (C=O) groups excluding carboxylic acids is 1. The summed E-state index contributed by atoms with van der Waals surface area (Å²) in [6, 6.07) is 0. The van der Waals surface area contributed by atoms with E-state index in [1.807, 2.05) is 13.8 Å². The van der Waals surface area contributed by atoms with Crippen LogP contribution in [0.3, 0.4) is 0 Å². The Hall–Kier alpha value is -1.25. The van der Waals surface area contributed by atoms with Crippen LogP contribution >= 0.6 is 0 Å². The molecule has 0 aliphatic heterocycles. The van der Waals surface area contributed by atoms with Crippen LogP contribution in [0.4, 0.5) is 4.79 Å². The zero-order chi connectivity index (χ0) is 17.1. The van der Waals surface area contributed by atoms with Gasteiger partial charge in [0.2, 0.25) is 0 Å². The van der Waals surface area contributed by atoms with Crippen molar-refractivity contribution in [1.82, 2.24) is 4.90 Å². The quantitative estimate of drug-likeness (QED) is 0.686. The maximum Gasteiger partial charge on any atom is 0.414 e. The van der Waals surface area contributed by atoms with Crippen molar-refractivity contribution in [2.24, 2.45) is 10.8 Å². The van der Waals surface area contributed by atoms with Crippen molar-refractivity contribution >= 4 is 6.09 Å². The van der Waals surface area contributed by atoms with Gasteiger partial charge in [0.15, 0.2) is 0 Å². The molecule has 0 spiro atoms. The predicted molar refractivity (Wildman–Crippen MR) is 92.7 cm³/mol. The molecule has 0 saturated heterocycles. The Kier molecular flexibility index (Phi) is 5.89. The Balaban J connectivity index is 3.15. The van der Waals surface area contributed by atoms with E-state index in [0.717, 1.165) is 24.2 Å². The van der Waals surface area contributed by atoms with Crippen molar-refractivity contribution in [2.45, 2.75) is 68.2 Å². The van der Waals surface area contributed by atoms with Crippen LogP contribution in [0.2, 0.25) is 0 Å². The van der Waals surface area contributed by atoms with Crippen molar-refractivity contribution in [2.75, 3.05) is 13.1 Å². The maximum atomic E-state index is 12.3. The number of hydrogen-bond donors (Lipinski definition) is 0. The van der Waals surface area contributed by atoms with Crippen LogP contribution in [-0.2, 0) is 4.74 Å². The molecule has 0 atom stereocenters. The van der Waals surface area contributed by atoms with Crippen molar-refractivity contribution in [3.8, 4) is 0 Å². The second-order valence-corrected chi connectivity index (χ2v) is 8.05. The molecule has 1 aliphatic rings. The molecule has 3 nitrogen and oxygen atoms in total. The summed E-state index contributed by atoms with van der Waals surface area (Å²) >= 11 is 0. The second-order valence-electron chi connectivity index (χ2n) is 8.05. The standard InChI is InChI=1S/C19H33NO2/c1-9-20(10-2)17(21)22-16-12-11-14(18(3,4)5)13-15(16)19(6,7)8/h13H,9-12H2,1-8H3. The average Bonchev–Trinajstić information content (AvgIpc) is 2.38. The zero-order valence-corrected chi connectivity index (χ0v) is 15.7. The Labute approximate surface area is 136 Å². The van der Waals surface area contributed by atoms with Crippen molar-refractivity contribution in [3.05, 3.63) is 23.0 Å². The molecule has 0 aromatic carbocycles. The van der Waals surface area contributed by atoms with Crippen LogP contribution in [-0.4, -0.2) is 24.1 Å². The van der Waals surface area contributed by atoms with E-state index in [4.69, 9.17) is 4.74 Å². The maximum absolute atomic E-state index is 12.3. The first kappa shape index (κ1) is 18.8. The van der Waals surface area contributed by atoms with E-state index in [1.54, 1.807) is 4.90 Å². The number of allylic oxidation sites excluding steroid dienone is 4. The van der Waals surface area contributed by atoms with E-state index < -0.39 is 0 Å². The molecule has 0 saturated carbocycles. The summed E-state index contributed by atoms with van der Waals surface area (Å²) in [7, 11) is 0. The minimum absolute atomic E-state index is 0.0320. The first-order valence-corrected chi connectivity index (χ1v) is 8.42. The Bertz CT molecular complexity index is 469. The molecule has 1 aliphatic carbocycles. The largest absolute Gasteiger partial charge is 0.414 e. The van der Waals surface area contributed by atoms with Gasteiger partial charge in [-0.3, -0.25) is 0 Å². The summed E-state index contributed by atoms with van der Waals surface area (Å²) in [5, 5.41) is 0. The normalized spacial score (nSPS) is 16.5. The van der Waals surface area contributed by atoms with E-state index in [0.29, 0.717) is 13.1 Å². The average molecular weight is 307 g/mol. The number of ether oxygens (including phenoxy) is 1. The highest BCUT2D eigenvalue weighted by atomic mass is 16.6. The molecule has 0 bridgehead atoms. The van der Waals surface area contributed by atoms with Crippen molar-refractivity contribution in [1.29, 1.82) is 0 Å². The fraction of sp³-hybridized carbons (Fsp3) is 0.737. The Morgan fingerprint density at radius 3 is 2.00 bits per heavy atom. The lowest BCUT2D eigenvalue weighted by Gasteiger charge is -2.33. The Morgan fingerprint density at radius 1 is 1.05 bits per heavy atom. The molecule has 0 aromatic heterocycles. The van der Waals surface area contributed by atoms with E-state index in [2.05, 4.69) is 47.6 Å². The Morgan fingerprint density at radius 2 is 1.59 bits per heavy atom. The third-order valence-electron chi connectivity index (χ3n) is 4.24. The smallest absolute Gasteiger partial charge is 0.414 e. The van der Waals surface area contributed by atoms with Crippen molar-refractivity contribution < 1.29 is 9.53 Å². The summed E-state index contributed by atoms with van der Waals surface area (Å²) in [5.74, 6) is 0.845. The van der Waals surface area contributed by atoms with Gasteiger partial charge in [-0.2, -0.15) is 0 Å². The number of carbonyl (C=O) groups is 1. The molecule has 0 heterocycles. The lowest BCUT2D eigenvalue weighted by Crippen LogP contribution is -2.32. The second kappa shape index (κ2) is 6.89. The molecule has 0 N–H and O–H groups in total. The van der Waals surface area contributed by atoms with Gasteiger partial charge in [-0.1, -0.05) is 53.2 Å². The van der Waals surface area contributed by atoms with Crippen LogP contribution < -0.4 is 0 Å². The molecule has 0 radical (unpaired) electrons. The van der Waals surface area contributed by atoms with Crippen LogP contribution in [0.15, 0.2) is 23.0 Å². The topological polar surface area (TPSA) is 29.5 Å². The highest BCUT2D eigenvalue weighted by Gasteiger charge is 2.30. The molecule has 0 aromatic rings. The number of nitrogens with zero attached hydrogens (tertiary/aromatic N) is 1. The highest BCUT2D eigenvalue weighted by Crippen LogP contribution is 2.41. The molecule has 0 unspecified atom stereocenters. The first-order valence-electron chi connectivity index (χ1n) is 8.42. The van der Waals surface area contributed by atoms with Gasteiger partial charge >= 0.3 is 6.09 Å². The van der Waals surface area contributed by atoms with Crippen LogP contribution in [0, 0.1) is 10.8 Å². The van der Waals surface area contributed by atoms with Gasteiger partial charge in [0.25, 0.3) is 0 Å². The third-order valence-corrected chi connectivity index (χ3v) is 4.24. The predicted octanol–water partition coefficient (Wildman–Crippen LogP) is 5.53. The summed E-state index contributed by atoms with van der Waals surface area (Å²) in [6.45, 7) is 18.6. The number of amides is 1. The molecular weight excluding hydrogens is 274 g/mol. The minimum Gasteiger partial charge on any atom is -0.414 e. The lowest BCUT2D eigenvalue weighted by molar-refractivity contribution is 0.127. The van der Waals surface area contributed by atoms with E-state index in [-0.39, 0.29) is 16.9 Å². The monoisotopic (exact) mass is 307 g/mol. The van der Waals surface area contributed by atoms with Gasteiger partial charge in [0.1, 0.15) is 5.76 Å². The summed E-state index contributed by atoms with van der Waals surface area (Å²) in [5.41, 5.74) is 2.71. The van der Waals surface area contributed by atoms with Gasteiger partial charge in [0, 0.05) is 19.5 Å². The fourth-order valence-corrected chi connectivity index (χ4v) is 2.69. The van der Waals surface area contributed by atoms with Crippen molar-refractivity contribution in [3.63, 3.8) is 0 Å². The lowest BCUT2D eigenvalue weighted by atomic mass is 9.75. The molecule has 1 amide bonds. The van der Waals surface area contributed by atoms with Crippen LogP contribution in [0.1, 0.15) is 68.2 Å². The van der Waals surface area contributed by atoms with Gasteiger partial charge in [0.05, 0.1) is 0 Å². The molecule has 1 rings (SSSR count). The van der Waals surface area contributed by atoms with Crippen LogP contribution in [0.25, 0.3) is 0 Å². The molecule has 0 fully saturated rings. The van der Waals surface area contributed by atoms with Gasteiger partial charge in [-0.05, 0) is 36.7 Å². The van der Waals surface area contributed by atoms with E-state index in [1.165, 1.54) is 5.57 Å². The minimum atomic E-state index is -0.227. The number of rotatable bonds is 3. The molecule has 22 heavy (non-hydrogen) atoms. The first-order chi connectivity index (χ1) is 10.0. The highest BCUT2D eigenvalue weighted by molar-refractivity contribution is 5.69. The number of hydrogen-bond acceptors (Lipinski definition) is 2. The summed E-state index contributed by atoms with van der Waals surface area (Å²) < 4.78 is 5.76. The van der Waals surface area contributed by atoms with E-state index in [9.17, 15) is 4.79 Å². The third kappa shape index (κ3) is 4.62. The SMILES string of the molecule is CCN(CC)C(=O)OC1=C(C(C)(C)C)C=C(C(C)(C)C)CC1. The van der Waals surface area contributed by atoms with E-state index >= 15 is 0 Å².